The first kappa shape index (κ1) is 24.3. The van der Waals surface area contributed by atoms with E-state index in [1.54, 1.807) is 24.3 Å². The highest BCUT2D eigenvalue weighted by atomic mass is 35.5. The van der Waals surface area contributed by atoms with Gasteiger partial charge in [-0.05, 0) is 42.3 Å². The van der Waals surface area contributed by atoms with E-state index in [0.717, 1.165) is 24.2 Å². The van der Waals surface area contributed by atoms with Crippen LogP contribution < -0.4 is 16.0 Å². The van der Waals surface area contributed by atoms with Crippen molar-refractivity contribution in [2.45, 2.75) is 26.1 Å². The first-order valence-corrected chi connectivity index (χ1v) is 11.4. The number of ether oxygens (including phenoxy) is 1. The van der Waals surface area contributed by atoms with Gasteiger partial charge in [0.1, 0.15) is 0 Å². The van der Waals surface area contributed by atoms with Crippen molar-refractivity contribution in [1.82, 2.24) is 20.9 Å². The summed E-state index contributed by atoms with van der Waals surface area (Å²) < 4.78 is 5.79. The Kier molecular flexibility index (Phi) is 9.17. The molecular weight excluding hydrogens is 451 g/mol. The van der Waals surface area contributed by atoms with E-state index in [-0.39, 0.29) is 18.0 Å². The van der Waals surface area contributed by atoms with Crippen LogP contribution in [0.1, 0.15) is 28.4 Å². The largest absolute Gasteiger partial charge is 0.374 e. The zero-order valence-electron chi connectivity index (χ0n) is 18.0. The summed E-state index contributed by atoms with van der Waals surface area (Å²) in [5.41, 5.74) is 2.51. The van der Waals surface area contributed by atoms with E-state index in [9.17, 15) is 9.59 Å². The lowest BCUT2D eigenvalue weighted by molar-refractivity contribution is -0.0287. The summed E-state index contributed by atoms with van der Waals surface area (Å²) in [5.74, 6) is -0.126. The minimum absolute atomic E-state index is 0.0988. The lowest BCUT2D eigenvalue weighted by atomic mass is 10.1. The molecule has 0 aliphatic carbocycles. The maximum absolute atomic E-state index is 12.2. The number of amides is 3. The fourth-order valence-electron chi connectivity index (χ4n) is 3.48. The summed E-state index contributed by atoms with van der Waals surface area (Å²) in [5, 5.41) is 9.54. The van der Waals surface area contributed by atoms with Gasteiger partial charge in [0, 0.05) is 44.8 Å². The molecule has 1 saturated heterocycles. The molecule has 0 radical (unpaired) electrons. The normalized spacial score (nSPS) is 16.4. The van der Waals surface area contributed by atoms with Crippen molar-refractivity contribution < 1.29 is 14.3 Å². The van der Waals surface area contributed by atoms with Gasteiger partial charge in [0.25, 0.3) is 5.91 Å². The fourth-order valence-corrected chi connectivity index (χ4v) is 3.80. The van der Waals surface area contributed by atoms with Gasteiger partial charge >= 0.3 is 6.03 Å². The van der Waals surface area contributed by atoms with Gasteiger partial charge in [-0.2, -0.15) is 0 Å². The lowest BCUT2D eigenvalue weighted by Gasteiger charge is -2.33. The highest BCUT2D eigenvalue weighted by molar-refractivity contribution is 6.42. The van der Waals surface area contributed by atoms with Crippen LogP contribution in [0.25, 0.3) is 0 Å². The van der Waals surface area contributed by atoms with Crippen molar-refractivity contribution in [2.24, 2.45) is 0 Å². The van der Waals surface area contributed by atoms with Crippen LogP contribution in [-0.4, -0.2) is 55.7 Å². The van der Waals surface area contributed by atoms with Crippen LogP contribution in [0.2, 0.25) is 10.0 Å². The second-order valence-corrected chi connectivity index (χ2v) is 8.41. The maximum Gasteiger partial charge on any atom is 0.315 e. The molecule has 2 aromatic rings. The van der Waals surface area contributed by atoms with Crippen LogP contribution in [0, 0.1) is 0 Å². The molecule has 0 saturated carbocycles. The second kappa shape index (κ2) is 12.1. The van der Waals surface area contributed by atoms with Crippen molar-refractivity contribution >= 4 is 35.1 Å². The number of hydrogen-bond acceptors (Lipinski definition) is 4. The van der Waals surface area contributed by atoms with E-state index in [1.807, 2.05) is 25.1 Å². The van der Waals surface area contributed by atoms with Gasteiger partial charge in [0.2, 0.25) is 0 Å². The van der Waals surface area contributed by atoms with Crippen LogP contribution in [-0.2, 0) is 17.8 Å². The molecule has 0 spiro atoms. The molecule has 0 bridgehead atoms. The van der Waals surface area contributed by atoms with Crippen LogP contribution in [0.4, 0.5) is 4.79 Å². The van der Waals surface area contributed by atoms with Gasteiger partial charge in [0.15, 0.2) is 0 Å². The monoisotopic (exact) mass is 478 g/mol. The van der Waals surface area contributed by atoms with Crippen LogP contribution in [0.5, 0.6) is 0 Å². The van der Waals surface area contributed by atoms with Gasteiger partial charge in [-0.15, -0.1) is 0 Å². The second-order valence-electron chi connectivity index (χ2n) is 7.60. The summed E-state index contributed by atoms with van der Waals surface area (Å²) in [6.45, 7) is 6.03. The quantitative estimate of drug-likeness (QED) is 0.542. The summed E-state index contributed by atoms with van der Waals surface area (Å²) in [6.07, 6.45) is -0.0988. The van der Waals surface area contributed by atoms with Crippen molar-refractivity contribution in [3.05, 3.63) is 69.2 Å². The first-order chi connectivity index (χ1) is 15.4. The molecule has 1 aliphatic rings. The lowest BCUT2D eigenvalue weighted by Crippen LogP contribution is -2.48. The van der Waals surface area contributed by atoms with Gasteiger partial charge in [-0.3, -0.25) is 9.69 Å². The Morgan fingerprint density at radius 1 is 1.06 bits per heavy atom. The molecule has 1 aliphatic heterocycles. The molecule has 3 rings (SSSR count). The molecule has 1 heterocycles. The topological polar surface area (TPSA) is 82.7 Å². The average Bonchev–Trinajstić information content (AvgIpc) is 2.79. The molecule has 32 heavy (non-hydrogen) atoms. The van der Waals surface area contributed by atoms with E-state index in [1.165, 1.54) is 0 Å². The molecule has 2 aromatic carbocycles. The third kappa shape index (κ3) is 7.38. The van der Waals surface area contributed by atoms with E-state index in [0.29, 0.717) is 48.4 Å². The van der Waals surface area contributed by atoms with Crippen molar-refractivity contribution in [3.63, 3.8) is 0 Å². The standard InChI is InChI=1S/C23H28Cl2N4O3/c1-2-26-22(30)18-5-3-4-16(10-18)12-27-23(31)28-13-19-15-29(8-9-32-19)14-17-6-7-20(24)21(25)11-17/h3-7,10-11,19H,2,8-9,12-15H2,1H3,(H,26,30)(H2,27,28,31). The van der Waals surface area contributed by atoms with Gasteiger partial charge in [0.05, 0.1) is 22.8 Å². The Labute approximate surface area is 198 Å². The number of morpholine rings is 1. The highest BCUT2D eigenvalue weighted by Gasteiger charge is 2.21. The number of halogens is 2. The molecule has 3 N–H and O–H groups in total. The predicted molar refractivity (Wildman–Crippen MR) is 126 cm³/mol. The zero-order chi connectivity index (χ0) is 22.9. The zero-order valence-corrected chi connectivity index (χ0v) is 19.5. The molecule has 9 heteroatoms. The Bertz CT molecular complexity index is 941. The summed E-state index contributed by atoms with van der Waals surface area (Å²) in [6, 6.07) is 12.6. The van der Waals surface area contributed by atoms with Gasteiger partial charge < -0.3 is 20.7 Å². The van der Waals surface area contributed by atoms with Crippen LogP contribution in [0.3, 0.4) is 0 Å². The number of hydrogen-bond donors (Lipinski definition) is 3. The van der Waals surface area contributed by atoms with E-state index in [2.05, 4.69) is 20.9 Å². The maximum atomic E-state index is 12.2. The average molecular weight is 479 g/mol. The molecule has 7 nitrogen and oxygen atoms in total. The number of rotatable bonds is 8. The fraction of sp³-hybridized carbons (Fsp3) is 0.391. The predicted octanol–water partition coefficient (Wildman–Crippen LogP) is 3.44. The van der Waals surface area contributed by atoms with E-state index >= 15 is 0 Å². The van der Waals surface area contributed by atoms with Crippen LogP contribution >= 0.6 is 23.2 Å². The highest BCUT2D eigenvalue weighted by Crippen LogP contribution is 2.23. The molecule has 3 amide bonds. The minimum atomic E-state index is -0.279. The smallest absolute Gasteiger partial charge is 0.315 e. The van der Waals surface area contributed by atoms with Gasteiger partial charge in [-0.1, -0.05) is 41.4 Å². The molecule has 1 fully saturated rings. The number of nitrogens with zero attached hydrogens (tertiary/aromatic N) is 1. The molecular formula is C23H28Cl2N4O3. The number of carbonyl (C=O) groups excluding carboxylic acids is 2. The Hall–Kier alpha value is -2.32. The van der Waals surface area contributed by atoms with Crippen molar-refractivity contribution in [2.75, 3.05) is 32.8 Å². The third-order valence-electron chi connectivity index (χ3n) is 5.08. The van der Waals surface area contributed by atoms with Crippen molar-refractivity contribution in [1.29, 1.82) is 0 Å². The molecule has 0 aromatic heterocycles. The van der Waals surface area contributed by atoms with Gasteiger partial charge in [-0.25, -0.2) is 4.79 Å². The Morgan fingerprint density at radius 3 is 2.69 bits per heavy atom. The van der Waals surface area contributed by atoms with Crippen molar-refractivity contribution in [3.8, 4) is 0 Å². The number of nitrogens with one attached hydrogen (secondary N) is 3. The summed E-state index contributed by atoms with van der Waals surface area (Å²) in [4.78, 5) is 26.4. The summed E-state index contributed by atoms with van der Waals surface area (Å²) in [7, 11) is 0. The number of urea groups is 1. The molecule has 1 atom stereocenters. The SMILES string of the molecule is CCNC(=O)c1cccc(CNC(=O)NCC2CN(Cc3ccc(Cl)c(Cl)c3)CCO2)c1. The van der Waals surface area contributed by atoms with Crippen LogP contribution in [0.15, 0.2) is 42.5 Å². The number of carbonyl (C=O) groups is 2. The van der Waals surface area contributed by atoms with E-state index in [4.69, 9.17) is 27.9 Å². The third-order valence-corrected chi connectivity index (χ3v) is 5.82. The Morgan fingerprint density at radius 2 is 1.91 bits per heavy atom. The molecule has 1 unspecified atom stereocenters. The first-order valence-electron chi connectivity index (χ1n) is 10.6. The summed E-state index contributed by atoms with van der Waals surface area (Å²) >= 11 is 12.1. The number of benzene rings is 2. The van der Waals surface area contributed by atoms with E-state index < -0.39 is 0 Å². The Balaban J connectivity index is 1.42. The minimum Gasteiger partial charge on any atom is -0.374 e. The molecule has 172 valence electrons.